The first-order chi connectivity index (χ1) is 9.13. The van der Waals surface area contributed by atoms with Gasteiger partial charge in [-0.2, -0.15) is 0 Å². The number of alkyl halides is 1. The van der Waals surface area contributed by atoms with Gasteiger partial charge in [0.05, 0.1) is 25.8 Å². The highest BCUT2D eigenvalue weighted by Gasteiger charge is 2.27. The molecule has 1 amide bonds. The van der Waals surface area contributed by atoms with Crippen molar-refractivity contribution >= 4 is 33.5 Å². The van der Waals surface area contributed by atoms with Gasteiger partial charge in [-0.15, -0.1) is 0 Å². The van der Waals surface area contributed by atoms with Gasteiger partial charge in [-0.25, -0.2) is 0 Å². The molecule has 1 unspecified atom stereocenters. The lowest BCUT2D eigenvalue weighted by atomic mass is 10.2. The van der Waals surface area contributed by atoms with Crippen LogP contribution in [0.3, 0.4) is 0 Å². The lowest BCUT2D eigenvalue weighted by Crippen LogP contribution is -2.38. The van der Waals surface area contributed by atoms with Crippen molar-refractivity contribution < 1.29 is 19.1 Å². The highest BCUT2D eigenvalue weighted by Crippen LogP contribution is 2.31. The number of nitrogens with zero attached hydrogens (tertiary/aromatic N) is 1. The number of anilines is 1. The van der Waals surface area contributed by atoms with Crippen molar-refractivity contribution in [1.29, 1.82) is 0 Å². The van der Waals surface area contributed by atoms with Gasteiger partial charge in [0.2, 0.25) is 5.91 Å². The van der Waals surface area contributed by atoms with E-state index in [0.717, 1.165) is 0 Å². The molecule has 0 saturated heterocycles. The molecule has 0 radical (unpaired) electrons. The number of carbonyl (C=O) groups is 2. The second kappa shape index (κ2) is 6.06. The van der Waals surface area contributed by atoms with Crippen molar-refractivity contribution in [2.75, 3.05) is 25.2 Å². The van der Waals surface area contributed by atoms with Gasteiger partial charge in [0.15, 0.2) is 0 Å². The third-order valence-corrected chi connectivity index (χ3v) is 3.49. The second-order valence-corrected chi connectivity index (χ2v) is 5.17. The SMILES string of the molecule is COC(=O)C(Br)CN1C(=O)CCOc2ccccc21. The molecule has 1 aromatic rings. The molecule has 0 fully saturated rings. The topological polar surface area (TPSA) is 55.8 Å². The zero-order valence-corrected chi connectivity index (χ0v) is 12.1. The summed E-state index contributed by atoms with van der Waals surface area (Å²) in [5.41, 5.74) is 0.679. The summed E-state index contributed by atoms with van der Waals surface area (Å²) in [6.45, 7) is 0.559. The van der Waals surface area contributed by atoms with Crippen LogP contribution < -0.4 is 9.64 Å². The normalized spacial score (nSPS) is 16.1. The van der Waals surface area contributed by atoms with E-state index in [4.69, 9.17) is 4.74 Å². The number of fused-ring (bicyclic) bond motifs is 1. The Balaban J connectivity index is 2.26. The summed E-state index contributed by atoms with van der Waals surface area (Å²) >= 11 is 3.23. The Morgan fingerprint density at radius 3 is 3.00 bits per heavy atom. The molecule has 102 valence electrons. The maximum Gasteiger partial charge on any atom is 0.321 e. The molecular formula is C13H14BrNO4. The van der Waals surface area contributed by atoms with Crippen molar-refractivity contribution in [3.63, 3.8) is 0 Å². The van der Waals surface area contributed by atoms with Crippen LogP contribution in [0.4, 0.5) is 5.69 Å². The predicted molar refractivity (Wildman–Crippen MR) is 73.6 cm³/mol. The molecule has 1 aliphatic heterocycles. The van der Waals surface area contributed by atoms with Crippen molar-refractivity contribution in [3.05, 3.63) is 24.3 Å². The maximum absolute atomic E-state index is 12.1. The summed E-state index contributed by atoms with van der Waals surface area (Å²) in [5, 5.41) is 0. The van der Waals surface area contributed by atoms with E-state index in [1.54, 1.807) is 11.0 Å². The number of carbonyl (C=O) groups excluding carboxylic acids is 2. The Labute approximate surface area is 119 Å². The number of hydrogen-bond acceptors (Lipinski definition) is 4. The van der Waals surface area contributed by atoms with Crippen LogP contribution in [0.15, 0.2) is 24.3 Å². The average Bonchev–Trinajstić information content (AvgIpc) is 2.58. The van der Waals surface area contributed by atoms with Crippen molar-refractivity contribution in [1.82, 2.24) is 0 Å². The fraction of sp³-hybridized carbons (Fsp3) is 0.385. The number of esters is 1. The molecule has 1 atom stereocenters. The second-order valence-electron chi connectivity index (χ2n) is 4.06. The fourth-order valence-electron chi connectivity index (χ4n) is 1.88. The summed E-state index contributed by atoms with van der Waals surface area (Å²) in [6.07, 6.45) is 0.287. The highest BCUT2D eigenvalue weighted by atomic mass is 79.9. The lowest BCUT2D eigenvalue weighted by molar-refractivity contribution is -0.139. The number of benzene rings is 1. The number of para-hydroxylation sites is 2. The minimum atomic E-state index is -0.562. The number of hydrogen-bond donors (Lipinski definition) is 0. The highest BCUT2D eigenvalue weighted by molar-refractivity contribution is 9.10. The van der Waals surface area contributed by atoms with E-state index in [1.807, 2.05) is 18.2 Å². The fourth-order valence-corrected chi connectivity index (χ4v) is 2.36. The standard InChI is InChI=1S/C13H14BrNO4/c1-18-13(17)9(14)8-15-10-4-2-3-5-11(10)19-7-6-12(15)16/h2-5,9H,6-8H2,1H3. The first-order valence-corrected chi connectivity index (χ1v) is 6.79. The van der Waals surface area contributed by atoms with E-state index >= 15 is 0 Å². The molecule has 0 spiro atoms. The van der Waals surface area contributed by atoms with Crippen molar-refractivity contribution in [2.45, 2.75) is 11.2 Å². The van der Waals surface area contributed by atoms with Crippen LogP contribution in [0.2, 0.25) is 0 Å². The summed E-state index contributed by atoms with van der Waals surface area (Å²) < 4.78 is 10.2. The molecule has 0 saturated carbocycles. The molecule has 1 aliphatic rings. The Morgan fingerprint density at radius 1 is 1.53 bits per heavy atom. The van der Waals surface area contributed by atoms with Gasteiger partial charge in [-0.3, -0.25) is 9.59 Å². The number of ether oxygens (including phenoxy) is 2. The third-order valence-electron chi connectivity index (χ3n) is 2.83. The molecule has 5 nitrogen and oxygen atoms in total. The van der Waals surface area contributed by atoms with E-state index in [-0.39, 0.29) is 18.9 Å². The van der Waals surface area contributed by atoms with Gasteiger partial charge < -0.3 is 14.4 Å². The lowest BCUT2D eigenvalue weighted by Gasteiger charge is -2.23. The van der Waals surface area contributed by atoms with Crippen molar-refractivity contribution in [3.8, 4) is 5.75 Å². The van der Waals surface area contributed by atoms with Gasteiger partial charge >= 0.3 is 5.97 Å². The van der Waals surface area contributed by atoms with Gasteiger partial charge in [0, 0.05) is 6.54 Å². The number of halogens is 1. The molecule has 19 heavy (non-hydrogen) atoms. The van der Waals surface area contributed by atoms with E-state index < -0.39 is 10.8 Å². The van der Waals surface area contributed by atoms with Gasteiger partial charge in [0.1, 0.15) is 10.6 Å². The predicted octanol–water partition coefficient (Wildman–Crippen LogP) is 1.74. The first kappa shape index (κ1) is 13.9. The minimum Gasteiger partial charge on any atom is -0.491 e. The molecule has 0 aliphatic carbocycles. The Bertz CT molecular complexity index is 491. The smallest absolute Gasteiger partial charge is 0.321 e. The number of rotatable bonds is 3. The monoisotopic (exact) mass is 327 g/mol. The molecule has 6 heteroatoms. The Kier molecular flexibility index (Phi) is 4.42. The van der Waals surface area contributed by atoms with Crippen LogP contribution in [0.1, 0.15) is 6.42 Å². The van der Waals surface area contributed by atoms with Crippen molar-refractivity contribution in [2.24, 2.45) is 0 Å². The largest absolute Gasteiger partial charge is 0.491 e. The van der Waals surface area contributed by atoms with Crippen LogP contribution in [-0.4, -0.2) is 37.0 Å². The molecule has 0 bridgehead atoms. The molecule has 2 rings (SSSR count). The van der Waals surface area contributed by atoms with Crippen LogP contribution in [0.25, 0.3) is 0 Å². The Hall–Kier alpha value is -1.56. The van der Waals surface area contributed by atoms with Gasteiger partial charge in [-0.05, 0) is 12.1 Å². The number of amides is 1. The van der Waals surface area contributed by atoms with Gasteiger partial charge in [0.25, 0.3) is 0 Å². The number of methoxy groups -OCH3 is 1. The van der Waals surface area contributed by atoms with E-state index in [1.165, 1.54) is 7.11 Å². The Morgan fingerprint density at radius 2 is 2.26 bits per heavy atom. The molecular weight excluding hydrogens is 314 g/mol. The molecule has 0 N–H and O–H groups in total. The zero-order chi connectivity index (χ0) is 13.8. The molecule has 1 heterocycles. The molecule has 0 aromatic heterocycles. The van der Waals surface area contributed by atoms with Crippen LogP contribution >= 0.6 is 15.9 Å². The van der Waals surface area contributed by atoms with E-state index in [2.05, 4.69) is 20.7 Å². The molecule has 1 aromatic carbocycles. The zero-order valence-electron chi connectivity index (χ0n) is 10.5. The third kappa shape index (κ3) is 3.07. The van der Waals surface area contributed by atoms with Crippen LogP contribution in [0, 0.1) is 0 Å². The summed E-state index contributed by atoms with van der Waals surface area (Å²) in [6, 6.07) is 7.28. The average molecular weight is 328 g/mol. The first-order valence-electron chi connectivity index (χ1n) is 5.87. The quantitative estimate of drug-likeness (QED) is 0.626. The van der Waals surface area contributed by atoms with Gasteiger partial charge in [-0.1, -0.05) is 28.1 Å². The minimum absolute atomic E-state index is 0.0710. The summed E-state index contributed by atoms with van der Waals surface area (Å²) in [5.74, 6) is 0.173. The summed E-state index contributed by atoms with van der Waals surface area (Å²) in [7, 11) is 1.32. The van der Waals surface area contributed by atoms with E-state index in [9.17, 15) is 9.59 Å². The maximum atomic E-state index is 12.1. The summed E-state index contributed by atoms with van der Waals surface area (Å²) in [4.78, 5) is 24.5. The van der Waals surface area contributed by atoms with Crippen LogP contribution in [0.5, 0.6) is 5.75 Å². The van der Waals surface area contributed by atoms with E-state index in [0.29, 0.717) is 18.0 Å². The van der Waals surface area contributed by atoms with Crippen LogP contribution in [-0.2, 0) is 14.3 Å².